The largest absolute Gasteiger partial charge is 0.496 e. The van der Waals surface area contributed by atoms with Crippen LogP contribution in [0.3, 0.4) is 0 Å². The maximum absolute atomic E-state index is 12.4. The van der Waals surface area contributed by atoms with E-state index in [9.17, 15) is 4.79 Å². The van der Waals surface area contributed by atoms with Gasteiger partial charge in [-0.1, -0.05) is 12.8 Å². The van der Waals surface area contributed by atoms with Gasteiger partial charge in [-0.15, -0.1) is 0 Å². The Balaban J connectivity index is 2.22. The highest BCUT2D eigenvalue weighted by atomic mass is 16.5. The summed E-state index contributed by atoms with van der Waals surface area (Å²) in [5, 5.41) is 0. The molecule has 0 amide bonds. The van der Waals surface area contributed by atoms with Crippen LogP contribution in [0.5, 0.6) is 5.75 Å². The van der Waals surface area contributed by atoms with E-state index < -0.39 is 5.54 Å². The highest BCUT2D eigenvalue weighted by Crippen LogP contribution is 2.30. The lowest BCUT2D eigenvalue weighted by atomic mass is 9.89. The second-order valence-electron chi connectivity index (χ2n) is 5.51. The molecule has 1 aromatic heterocycles. The molecule has 0 unspecified atom stereocenters. The molecule has 0 spiro atoms. The van der Waals surface area contributed by atoms with E-state index in [1.165, 1.54) is 0 Å². The lowest BCUT2D eigenvalue weighted by molar-refractivity contribution is -0.123. The molecule has 1 saturated carbocycles. The molecule has 1 aromatic rings. The summed E-state index contributed by atoms with van der Waals surface area (Å²) in [7, 11) is 1.64. The van der Waals surface area contributed by atoms with Crippen LogP contribution in [-0.4, -0.2) is 23.4 Å². The Labute approximate surface area is 114 Å². The summed E-state index contributed by atoms with van der Waals surface area (Å²) >= 11 is 0. The highest BCUT2D eigenvalue weighted by Gasteiger charge is 2.36. The number of hydrogen-bond acceptors (Lipinski definition) is 4. The van der Waals surface area contributed by atoms with Crippen molar-refractivity contribution in [2.24, 2.45) is 5.73 Å². The first-order valence-corrected chi connectivity index (χ1v) is 6.79. The summed E-state index contributed by atoms with van der Waals surface area (Å²) in [5.74, 6) is 0.918. The van der Waals surface area contributed by atoms with Crippen LogP contribution in [-0.2, 0) is 11.2 Å². The summed E-state index contributed by atoms with van der Waals surface area (Å²) in [5.41, 5.74) is 8.27. The lowest BCUT2D eigenvalue weighted by Crippen LogP contribution is -2.46. The van der Waals surface area contributed by atoms with Gasteiger partial charge in [0.2, 0.25) is 0 Å². The minimum atomic E-state index is -0.633. The molecule has 19 heavy (non-hydrogen) atoms. The Morgan fingerprint density at radius 2 is 2.05 bits per heavy atom. The van der Waals surface area contributed by atoms with Gasteiger partial charge in [-0.3, -0.25) is 9.78 Å². The van der Waals surface area contributed by atoms with Gasteiger partial charge in [0.05, 0.1) is 24.8 Å². The molecule has 2 rings (SSSR count). The van der Waals surface area contributed by atoms with Crippen molar-refractivity contribution in [3.05, 3.63) is 23.0 Å². The molecule has 0 saturated heterocycles. The minimum absolute atomic E-state index is 0.103. The molecule has 1 fully saturated rings. The van der Waals surface area contributed by atoms with Crippen molar-refractivity contribution in [2.45, 2.75) is 51.5 Å². The Hall–Kier alpha value is -1.42. The summed E-state index contributed by atoms with van der Waals surface area (Å²) in [6.07, 6.45) is 5.75. The van der Waals surface area contributed by atoms with Crippen LogP contribution in [0, 0.1) is 13.8 Å². The summed E-state index contributed by atoms with van der Waals surface area (Å²) in [6.45, 7) is 3.89. The van der Waals surface area contributed by atoms with Crippen LogP contribution < -0.4 is 10.5 Å². The molecule has 104 valence electrons. The molecule has 4 nitrogen and oxygen atoms in total. The van der Waals surface area contributed by atoms with Crippen LogP contribution in [0.1, 0.15) is 42.5 Å². The molecular formula is C15H22N2O2. The second kappa shape index (κ2) is 5.29. The number of ether oxygens (including phenoxy) is 1. The molecule has 0 aromatic carbocycles. The van der Waals surface area contributed by atoms with Gasteiger partial charge >= 0.3 is 0 Å². The van der Waals surface area contributed by atoms with Crippen molar-refractivity contribution in [2.75, 3.05) is 7.11 Å². The van der Waals surface area contributed by atoms with E-state index in [0.29, 0.717) is 6.42 Å². The van der Waals surface area contributed by atoms with Crippen molar-refractivity contribution in [3.8, 4) is 5.75 Å². The van der Waals surface area contributed by atoms with Crippen molar-refractivity contribution >= 4 is 5.78 Å². The molecular weight excluding hydrogens is 240 g/mol. The molecule has 0 bridgehead atoms. The normalized spacial score (nSPS) is 17.5. The Morgan fingerprint density at radius 3 is 2.63 bits per heavy atom. The average molecular weight is 262 g/mol. The van der Waals surface area contributed by atoms with Crippen molar-refractivity contribution in [3.63, 3.8) is 0 Å². The third kappa shape index (κ3) is 2.63. The van der Waals surface area contributed by atoms with Gasteiger partial charge in [0.25, 0.3) is 0 Å². The van der Waals surface area contributed by atoms with Gasteiger partial charge in [0.1, 0.15) is 5.75 Å². The third-order valence-corrected chi connectivity index (χ3v) is 4.13. The monoisotopic (exact) mass is 262 g/mol. The van der Waals surface area contributed by atoms with Gasteiger partial charge in [0.15, 0.2) is 5.78 Å². The summed E-state index contributed by atoms with van der Waals surface area (Å²) in [4.78, 5) is 16.7. The number of Topliss-reactive ketones (excluding diaryl/α,β-unsaturated/α-hetero) is 1. The zero-order valence-corrected chi connectivity index (χ0v) is 12.0. The first-order valence-electron chi connectivity index (χ1n) is 6.79. The van der Waals surface area contributed by atoms with Crippen LogP contribution in [0.2, 0.25) is 0 Å². The third-order valence-electron chi connectivity index (χ3n) is 4.13. The second-order valence-corrected chi connectivity index (χ2v) is 5.51. The van der Waals surface area contributed by atoms with Crippen LogP contribution in [0.15, 0.2) is 6.20 Å². The molecule has 2 N–H and O–H groups in total. The van der Waals surface area contributed by atoms with E-state index in [0.717, 1.165) is 48.3 Å². The first kappa shape index (κ1) is 14.0. The van der Waals surface area contributed by atoms with Gasteiger partial charge < -0.3 is 10.5 Å². The molecule has 1 heterocycles. The topological polar surface area (TPSA) is 65.2 Å². The number of carbonyl (C=O) groups is 1. The van der Waals surface area contributed by atoms with E-state index in [1.54, 1.807) is 13.3 Å². The fraction of sp³-hybridized carbons (Fsp3) is 0.600. The zero-order valence-electron chi connectivity index (χ0n) is 12.0. The number of pyridine rings is 1. The van der Waals surface area contributed by atoms with E-state index in [2.05, 4.69) is 4.98 Å². The maximum atomic E-state index is 12.4. The first-order chi connectivity index (χ1) is 8.98. The molecule has 0 atom stereocenters. The van der Waals surface area contributed by atoms with Crippen molar-refractivity contribution in [1.29, 1.82) is 0 Å². The number of hydrogen-bond donors (Lipinski definition) is 1. The molecule has 1 aliphatic rings. The minimum Gasteiger partial charge on any atom is -0.496 e. The Bertz CT molecular complexity index is 491. The van der Waals surface area contributed by atoms with E-state index >= 15 is 0 Å². The predicted molar refractivity (Wildman–Crippen MR) is 74.4 cm³/mol. The molecule has 0 radical (unpaired) electrons. The van der Waals surface area contributed by atoms with Gasteiger partial charge in [-0.2, -0.15) is 0 Å². The fourth-order valence-corrected chi connectivity index (χ4v) is 2.86. The standard InChI is InChI=1S/C15H22N2O2/c1-10-9-17-12(11(2)14(10)19-3)8-13(18)15(16)6-4-5-7-15/h9H,4-8,16H2,1-3H3. The lowest BCUT2D eigenvalue weighted by Gasteiger charge is -2.22. The Morgan fingerprint density at radius 1 is 1.42 bits per heavy atom. The number of ketones is 1. The smallest absolute Gasteiger partial charge is 0.158 e. The summed E-state index contributed by atoms with van der Waals surface area (Å²) in [6, 6.07) is 0. The maximum Gasteiger partial charge on any atom is 0.158 e. The molecule has 0 aliphatic heterocycles. The summed E-state index contributed by atoms with van der Waals surface area (Å²) < 4.78 is 5.37. The van der Waals surface area contributed by atoms with E-state index in [-0.39, 0.29) is 5.78 Å². The van der Waals surface area contributed by atoms with E-state index in [1.807, 2.05) is 13.8 Å². The number of methoxy groups -OCH3 is 1. The van der Waals surface area contributed by atoms with Crippen LogP contribution >= 0.6 is 0 Å². The van der Waals surface area contributed by atoms with Crippen LogP contribution in [0.25, 0.3) is 0 Å². The number of aryl methyl sites for hydroxylation is 1. The number of carbonyl (C=O) groups excluding carboxylic acids is 1. The van der Waals surface area contributed by atoms with E-state index in [4.69, 9.17) is 10.5 Å². The SMILES string of the molecule is COc1c(C)cnc(CC(=O)C2(N)CCCC2)c1C. The van der Waals surface area contributed by atoms with Gasteiger partial charge in [-0.25, -0.2) is 0 Å². The average Bonchev–Trinajstić information content (AvgIpc) is 2.82. The fourth-order valence-electron chi connectivity index (χ4n) is 2.86. The Kier molecular flexibility index (Phi) is 3.90. The highest BCUT2D eigenvalue weighted by molar-refractivity contribution is 5.90. The zero-order chi connectivity index (χ0) is 14.0. The number of aromatic nitrogens is 1. The quantitative estimate of drug-likeness (QED) is 0.902. The van der Waals surface area contributed by atoms with Crippen LogP contribution in [0.4, 0.5) is 0 Å². The predicted octanol–water partition coefficient (Wildman–Crippen LogP) is 2.09. The number of rotatable bonds is 4. The number of nitrogens with zero attached hydrogens (tertiary/aromatic N) is 1. The molecule has 4 heteroatoms. The molecule has 1 aliphatic carbocycles. The van der Waals surface area contributed by atoms with Crippen molar-refractivity contribution in [1.82, 2.24) is 4.98 Å². The number of nitrogens with two attached hydrogens (primary N) is 1. The van der Waals surface area contributed by atoms with Gasteiger partial charge in [0, 0.05) is 17.3 Å². The van der Waals surface area contributed by atoms with Crippen molar-refractivity contribution < 1.29 is 9.53 Å². The van der Waals surface area contributed by atoms with Gasteiger partial charge in [-0.05, 0) is 26.7 Å².